The van der Waals surface area contributed by atoms with E-state index in [0.717, 1.165) is 31.2 Å². The van der Waals surface area contributed by atoms with Gasteiger partial charge in [-0.1, -0.05) is 0 Å². The molecule has 0 amide bonds. The number of hydrogen-bond donors (Lipinski definition) is 2. The van der Waals surface area contributed by atoms with E-state index in [9.17, 15) is 45.3 Å². The Hall–Kier alpha value is -4.93. The average molecular weight is 520 g/mol. The Morgan fingerprint density at radius 2 is 1.43 bits per heavy atom. The van der Waals surface area contributed by atoms with Gasteiger partial charge in [0.2, 0.25) is 6.29 Å². The summed E-state index contributed by atoms with van der Waals surface area (Å²) in [7, 11) is 0. The average Bonchev–Trinajstić information content (AvgIpc) is 2.83. The van der Waals surface area contributed by atoms with Crippen LogP contribution in [0.15, 0.2) is 36.4 Å². The molecule has 17 heteroatoms. The van der Waals surface area contributed by atoms with E-state index in [4.69, 9.17) is 9.47 Å². The molecule has 3 rings (SSSR count). The number of non-ortho nitro benzene ring substituents is 2. The number of benzene rings is 2. The predicted octanol–water partition coefficient (Wildman–Crippen LogP) is 3.28. The molecule has 3 atom stereocenters. The number of nitrogens with zero attached hydrogens (tertiary/aromatic N) is 4. The summed E-state index contributed by atoms with van der Waals surface area (Å²) in [6.45, 7) is 1.15. The van der Waals surface area contributed by atoms with Crippen LogP contribution in [0.1, 0.15) is 19.8 Å². The first-order valence-electron chi connectivity index (χ1n) is 10.6. The van der Waals surface area contributed by atoms with Crippen molar-refractivity contribution in [2.24, 2.45) is 0 Å². The second-order valence-electron chi connectivity index (χ2n) is 7.88. The van der Waals surface area contributed by atoms with Crippen molar-refractivity contribution in [2.45, 2.75) is 38.2 Å². The van der Waals surface area contributed by atoms with E-state index < -0.39 is 66.8 Å². The monoisotopic (exact) mass is 520 g/mol. The van der Waals surface area contributed by atoms with Crippen LogP contribution in [0.25, 0.3) is 0 Å². The standard InChI is InChI=1S/C20H20N6O11/c1-11(27)36-20-17(22-16-6-3-13(24(30)31)9-19(16)26(34)35)7-4-14(37-20)10-21-15-5-2-12(23(28)29)8-18(15)25(32)33/h2-3,5-6,8-9,14,17,20-22H,4,7,10H2,1H3/t14-,17+,20+/m0/s1. The lowest BCUT2D eigenvalue weighted by Gasteiger charge is -2.36. The quantitative estimate of drug-likeness (QED) is 0.260. The van der Waals surface area contributed by atoms with Gasteiger partial charge in [0.05, 0.1) is 44.0 Å². The van der Waals surface area contributed by atoms with E-state index in [1.807, 2.05) is 0 Å². The minimum atomic E-state index is -1.21. The van der Waals surface area contributed by atoms with Crippen molar-refractivity contribution in [3.63, 3.8) is 0 Å². The van der Waals surface area contributed by atoms with Crippen molar-refractivity contribution in [3.05, 3.63) is 76.9 Å². The van der Waals surface area contributed by atoms with Gasteiger partial charge in [-0.3, -0.25) is 45.3 Å². The lowest BCUT2D eigenvalue weighted by molar-refractivity contribution is -0.393. The highest BCUT2D eigenvalue weighted by atomic mass is 16.7. The van der Waals surface area contributed by atoms with Crippen molar-refractivity contribution in [1.82, 2.24) is 0 Å². The summed E-state index contributed by atoms with van der Waals surface area (Å²) in [6, 6.07) is 5.43. The molecule has 1 fully saturated rings. The molecular formula is C20H20N6O11. The molecule has 2 N–H and O–H groups in total. The molecule has 0 bridgehead atoms. The summed E-state index contributed by atoms with van der Waals surface area (Å²) < 4.78 is 11.0. The predicted molar refractivity (Wildman–Crippen MR) is 125 cm³/mol. The Morgan fingerprint density at radius 3 is 1.95 bits per heavy atom. The molecule has 2 aromatic rings. The second-order valence-corrected chi connectivity index (χ2v) is 7.88. The van der Waals surface area contributed by atoms with E-state index in [0.29, 0.717) is 6.42 Å². The highest BCUT2D eigenvalue weighted by molar-refractivity contribution is 5.67. The van der Waals surface area contributed by atoms with Crippen LogP contribution in [0.3, 0.4) is 0 Å². The number of ether oxygens (including phenoxy) is 2. The smallest absolute Gasteiger partial charge is 0.305 e. The fraction of sp³-hybridized carbons (Fsp3) is 0.350. The van der Waals surface area contributed by atoms with E-state index in [1.165, 1.54) is 12.1 Å². The first-order valence-corrected chi connectivity index (χ1v) is 10.6. The summed E-state index contributed by atoms with van der Waals surface area (Å²) in [5.41, 5.74) is -2.00. The first kappa shape index (κ1) is 26.7. The largest absolute Gasteiger partial charge is 0.434 e. The van der Waals surface area contributed by atoms with Crippen LogP contribution < -0.4 is 10.6 Å². The molecule has 0 unspecified atom stereocenters. The minimum Gasteiger partial charge on any atom is -0.434 e. The lowest BCUT2D eigenvalue weighted by atomic mass is 10.0. The van der Waals surface area contributed by atoms with Crippen LogP contribution in [0.2, 0.25) is 0 Å². The summed E-state index contributed by atoms with van der Waals surface area (Å²) in [5.74, 6) is -0.699. The van der Waals surface area contributed by atoms with Gasteiger partial charge in [-0.15, -0.1) is 0 Å². The summed E-state index contributed by atoms with van der Waals surface area (Å²) in [4.78, 5) is 53.2. The zero-order chi connectivity index (χ0) is 27.3. The number of nitrogens with one attached hydrogen (secondary N) is 2. The zero-order valence-corrected chi connectivity index (χ0v) is 19.1. The number of carbonyl (C=O) groups is 1. The number of hydrogen-bond acceptors (Lipinski definition) is 13. The molecule has 1 aliphatic heterocycles. The SMILES string of the molecule is CC(=O)O[C@@H]1O[C@H](CNc2ccc([N+](=O)[O-])cc2[N+](=O)[O-])CC[C@H]1Nc1ccc([N+](=O)[O-])cc1[N+](=O)[O-]. The Kier molecular flexibility index (Phi) is 8.08. The summed E-state index contributed by atoms with van der Waals surface area (Å²) >= 11 is 0. The Labute approximate surface area is 207 Å². The van der Waals surface area contributed by atoms with Gasteiger partial charge in [0.25, 0.3) is 22.7 Å². The minimum absolute atomic E-state index is 0.0147. The van der Waals surface area contributed by atoms with Gasteiger partial charge < -0.3 is 20.1 Å². The third-order valence-corrected chi connectivity index (χ3v) is 5.38. The number of carbonyl (C=O) groups excluding carboxylic acids is 1. The third kappa shape index (κ3) is 6.60. The molecule has 1 heterocycles. The second kappa shape index (κ2) is 11.2. The highest BCUT2D eigenvalue weighted by Crippen LogP contribution is 2.33. The Balaban J connectivity index is 1.74. The molecule has 17 nitrogen and oxygen atoms in total. The molecule has 0 radical (unpaired) electrons. The van der Waals surface area contributed by atoms with Crippen molar-refractivity contribution < 1.29 is 34.0 Å². The third-order valence-electron chi connectivity index (χ3n) is 5.38. The molecule has 37 heavy (non-hydrogen) atoms. The molecule has 0 saturated carbocycles. The maximum absolute atomic E-state index is 11.6. The van der Waals surface area contributed by atoms with Gasteiger partial charge >= 0.3 is 5.97 Å². The van der Waals surface area contributed by atoms with E-state index >= 15 is 0 Å². The number of anilines is 2. The van der Waals surface area contributed by atoms with Crippen molar-refractivity contribution in [2.75, 3.05) is 17.2 Å². The highest BCUT2D eigenvalue weighted by Gasteiger charge is 2.35. The maximum Gasteiger partial charge on any atom is 0.305 e. The summed E-state index contributed by atoms with van der Waals surface area (Å²) in [5, 5.41) is 50.3. The van der Waals surface area contributed by atoms with Gasteiger partial charge in [0, 0.05) is 25.6 Å². The fourth-order valence-corrected chi connectivity index (χ4v) is 3.68. The molecule has 0 aromatic heterocycles. The van der Waals surface area contributed by atoms with Crippen LogP contribution in [-0.4, -0.2) is 50.6 Å². The molecule has 2 aromatic carbocycles. The van der Waals surface area contributed by atoms with Crippen LogP contribution in [0, 0.1) is 40.5 Å². The lowest BCUT2D eigenvalue weighted by Crippen LogP contribution is -2.47. The molecular weight excluding hydrogens is 500 g/mol. The van der Waals surface area contributed by atoms with Gasteiger partial charge in [0.15, 0.2) is 0 Å². The number of esters is 1. The fourth-order valence-electron chi connectivity index (χ4n) is 3.68. The van der Waals surface area contributed by atoms with E-state index in [2.05, 4.69) is 10.6 Å². The van der Waals surface area contributed by atoms with Crippen molar-refractivity contribution in [3.8, 4) is 0 Å². The number of nitro groups is 4. The van der Waals surface area contributed by atoms with Gasteiger partial charge in [0.1, 0.15) is 11.4 Å². The van der Waals surface area contributed by atoms with Crippen LogP contribution >= 0.6 is 0 Å². The normalized spacial score (nSPS) is 18.9. The molecule has 0 aliphatic carbocycles. The topological polar surface area (TPSA) is 232 Å². The van der Waals surface area contributed by atoms with Crippen molar-refractivity contribution in [1.29, 1.82) is 0 Å². The van der Waals surface area contributed by atoms with Gasteiger partial charge in [-0.25, -0.2) is 0 Å². The van der Waals surface area contributed by atoms with Crippen molar-refractivity contribution >= 4 is 40.1 Å². The van der Waals surface area contributed by atoms with E-state index in [-0.39, 0.29) is 24.3 Å². The van der Waals surface area contributed by atoms with Gasteiger partial charge in [-0.05, 0) is 25.0 Å². The molecule has 196 valence electrons. The molecule has 1 aliphatic rings. The zero-order valence-electron chi connectivity index (χ0n) is 19.1. The first-order chi connectivity index (χ1) is 17.5. The van der Waals surface area contributed by atoms with Crippen LogP contribution in [-0.2, 0) is 14.3 Å². The number of nitro benzene ring substituents is 4. The maximum atomic E-state index is 11.6. The Morgan fingerprint density at radius 1 is 0.892 bits per heavy atom. The summed E-state index contributed by atoms with van der Waals surface area (Å²) in [6.07, 6.45) is -1.23. The number of rotatable bonds is 10. The van der Waals surface area contributed by atoms with Gasteiger partial charge in [-0.2, -0.15) is 0 Å². The van der Waals surface area contributed by atoms with Crippen LogP contribution in [0.4, 0.5) is 34.1 Å². The molecule has 0 spiro atoms. The molecule has 1 saturated heterocycles. The Bertz CT molecular complexity index is 1250. The van der Waals surface area contributed by atoms with Crippen LogP contribution in [0.5, 0.6) is 0 Å². The van der Waals surface area contributed by atoms with E-state index in [1.54, 1.807) is 0 Å².